The molecule has 0 radical (unpaired) electrons. The van der Waals surface area contributed by atoms with Gasteiger partial charge in [-0.15, -0.1) is 0 Å². The molecule has 0 aliphatic carbocycles. The summed E-state index contributed by atoms with van der Waals surface area (Å²) >= 11 is 0. The van der Waals surface area contributed by atoms with Crippen LogP contribution in [0.25, 0.3) is 0 Å². The second-order valence-electron chi connectivity index (χ2n) is 4.85. The van der Waals surface area contributed by atoms with Crippen molar-refractivity contribution in [2.24, 2.45) is 5.92 Å². The van der Waals surface area contributed by atoms with Crippen LogP contribution in [0.3, 0.4) is 0 Å². The van der Waals surface area contributed by atoms with Gasteiger partial charge in [0.15, 0.2) is 0 Å². The van der Waals surface area contributed by atoms with Crippen LogP contribution in [-0.2, 0) is 4.74 Å². The Kier molecular flexibility index (Phi) is 9.12. The fourth-order valence-corrected chi connectivity index (χ4v) is 1.90. The third-order valence-corrected chi connectivity index (χ3v) is 2.80. The maximum absolute atomic E-state index is 5.76. The lowest BCUT2D eigenvalue weighted by Crippen LogP contribution is -2.24. The molecule has 2 nitrogen and oxygen atoms in total. The molecule has 0 saturated heterocycles. The van der Waals surface area contributed by atoms with Gasteiger partial charge < -0.3 is 10.1 Å². The standard InChI is InChI=1S/C13H29NO/c1-6-13(14-5)8-7-9-15-12(4)10-11(2)3/h11-14H,6-10H2,1-5H3. The van der Waals surface area contributed by atoms with E-state index in [1.807, 2.05) is 7.05 Å². The highest BCUT2D eigenvalue weighted by molar-refractivity contribution is 4.61. The molecule has 2 atom stereocenters. The molecule has 0 bridgehead atoms. The zero-order valence-corrected chi connectivity index (χ0v) is 11.2. The average molecular weight is 215 g/mol. The zero-order valence-electron chi connectivity index (χ0n) is 11.2. The van der Waals surface area contributed by atoms with E-state index in [1.165, 1.54) is 25.7 Å². The Balaban J connectivity index is 3.37. The van der Waals surface area contributed by atoms with Gasteiger partial charge in [0.2, 0.25) is 0 Å². The average Bonchev–Trinajstić information content (AvgIpc) is 2.17. The van der Waals surface area contributed by atoms with Crippen molar-refractivity contribution >= 4 is 0 Å². The molecule has 0 heterocycles. The lowest BCUT2D eigenvalue weighted by Gasteiger charge is -2.17. The van der Waals surface area contributed by atoms with Crippen LogP contribution in [0.1, 0.15) is 53.4 Å². The molecule has 15 heavy (non-hydrogen) atoms. The summed E-state index contributed by atoms with van der Waals surface area (Å²) < 4.78 is 5.76. The summed E-state index contributed by atoms with van der Waals surface area (Å²) in [5.41, 5.74) is 0. The van der Waals surface area contributed by atoms with Crippen LogP contribution in [-0.4, -0.2) is 25.8 Å². The van der Waals surface area contributed by atoms with Gasteiger partial charge in [-0.05, 0) is 45.6 Å². The number of hydrogen-bond acceptors (Lipinski definition) is 2. The maximum Gasteiger partial charge on any atom is 0.0549 e. The highest BCUT2D eigenvalue weighted by Gasteiger charge is 2.06. The van der Waals surface area contributed by atoms with E-state index in [2.05, 4.69) is 33.0 Å². The van der Waals surface area contributed by atoms with Crippen molar-refractivity contribution in [1.29, 1.82) is 0 Å². The van der Waals surface area contributed by atoms with Crippen molar-refractivity contribution in [1.82, 2.24) is 5.32 Å². The van der Waals surface area contributed by atoms with Gasteiger partial charge >= 0.3 is 0 Å². The Bertz CT molecular complexity index is 132. The van der Waals surface area contributed by atoms with Gasteiger partial charge in [-0.1, -0.05) is 20.8 Å². The van der Waals surface area contributed by atoms with E-state index in [0.717, 1.165) is 12.5 Å². The minimum Gasteiger partial charge on any atom is -0.378 e. The lowest BCUT2D eigenvalue weighted by atomic mass is 10.1. The largest absolute Gasteiger partial charge is 0.378 e. The van der Waals surface area contributed by atoms with E-state index < -0.39 is 0 Å². The quantitative estimate of drug-likeness (QED) is 0.596. The van der Waals surface area contributed by atoms with Crippen LogP contribution in [0, 0.1) is 5.92 Å². The SMILES string of the molecule is CCC(CCCOC(C)CC(C)C)NC. The molecule has 1 N–H and O–H groups in total. The molecule has 0 rings (SSSR count). The summed E-state index contributed by atoms with van der Waals surface area (Å²) in [5.74, 6) is 0.737. The summed E-state index contributed by atoms with van der Waals surface area (Å²) in [7, 11) is 2.04. The zero-order chi connectivity index (χ0) is 11.7. The van der Waals surface area contributed by atoms with Crippen molar-refractivity contribution in [2.75, 3.05) is 13.7 Å². The second-order valence-corrected chi connectivity index (χ2v) is 4.85. The topological polar surface area (TPSA) is 21.3 Å². The fraction of sp³-hybridized carbons (Fsp3) is 1.00. The fourth-order valence-electron chi connectivity index (χ4n) is 1.90. The Morgan fingerprint density at radius 2 is 1.87 bits per heavy atom. The predicted molar refractivity (Wildman–Crippen MR) is 67.2 cm³/mol. The van der Waals surface area contributed by atoms with Gasteiger partial charge in [0.05, 0.1) is 6.10 Å². The number of ether oxygens (including phenoxy) is 1. The summed E-state index contributed by atoms with van der Waals surface area (Å²) in [6.07, 6.45) is 5.18. The molecule has 0 saturated carbocycles. The Labute approximate surface area is 95.8 Å². The highest BCUT2D eigenvalue weighted by atomic mass is 16.5. The molecule has 0 amide bonds. The molecule has 0 spiro atoms. The highest BCUT2D eigenvalue weighted by Crippen LogP contribution is 2.09. The summed E-state index contributed by atoms with van der Waals surface area (Å²) in [4.78, 5) is 0. The van der Waals surface area contributed by atoms with Crippen LogP contribution in [0.4, 0.5) is 0 Å². The van der Waals surface area contributed by atoms with Crippen molar-refractivity contribution < 1.29 is 4.74 Å². The van der Waals surface area contributed by atoms with Crippen molar-refractivity contribution in [2.45, 2.75) is 65.5 Å². The monoisotopic (exact) mass is 215 g/mol. The van der Waals surface area contributed by atoms with E-state index >= 15 is 0 Å². The van der Waals surface area contributed by atoms with Gasteiger partial charge in [0, 0.05) is 12.6 Å². The van der Waals surface area contributed by atoms with Crippen molar-refractivity contribution in [3.63, 3.8) is 0 Å². The molecule has 92 valence electrons. The molecule has 0 aromatic heterocycles. The third kappa shape index (κ3) is 8.88. The van der Waals surface area contributed by atoms with Gasteiger partial charge in [-0.3, -0.25) is 0 Å². The number of rotatable bonds is 9. The van der Waals surface area contributed by atoms with E-state index in [-0.39, 0.29) is 0 Å². The van der Waals surface area contributed by atoms with Gasteiger partial charge in [0.1, 0.15) is 0 Å². The van der Waals surface area contributed by atoms with Crippen LogP contribution in [0.2, 0.25) is 0 Å². The Morgan fingerprint density at radius 1 is 1.20 bits per heavy atom. The van der Waals surface area contributed by atoms with E-state index in [1.54, 1.807) is 0 Å². The Hall–Kier alpha value is -0.0800. The molecule has 0 aromatic carbocycles. The van der Waals surface area contributed by atoms with E-state index in [4.69, 9.17) is 4.74 Å². The first-order chi connectivity index (χ1) is 7.10. The van der Waals surface area contributed by atoms with Crippen molar-refractivity contribution in [3.05, 3.63) is 0 Å². The first kappa shape index (κ1) is 14.9. The Morgan fingerprint density at radius 3 is 2.33 bits per heavy atom. The first-order valence-corrected chi connectivity index (χ1v) is 6.39. The molecular weight excluding hydrogens is 186 g/mol. The van der Waals surface area contributed by atoms with Gasteiger partial charge in [0.25, 0.3) is 0 Å². The van der Waals surface area contributed by atoms with Crippen LogP contribution < -0.4 is 5.32 Å². The summed E-state index contributed by atoms with van der Waals surface area (Å²) in [6, 6.07) is 0.661. The smallest absolute Gasteiger partial charge is 0.0549 e. The molecule has 2 unspecified atom stereocenters. The van der Waals surface area contributed by atoms with Crippen LogP contribution in [0.5, 0.6) is 0 Å². The van der Waals surface area contributed by atoms with Crippen LogP contribution in [0.15, 0.2) is 0 Å². The number of nitrogens with one attached hydrogen (secondary N) is 1. The summed E-state index contributed by atoms with van der Waals surface area (Å²) in [5, 5.41) is 3.32. The van der Waals surface area contributed by atoms with Crippen LogP contribution >= 0.6 is 0 Å². The number of hydrogen-bond donors (Lipinski definition) is 1. The predicted octanol–water partition coefficient (Wildman–Crippen LogP) is 3.22. The normalized spacial score (nSPS) is 15.6. The molecule has 0 aliphatic rings. The molecular formula is C13H29NO. The van der Waals surface area contributed by atoms with Gasteiger partial charge in [-0.2, -0.15) is 0 Å². The van der Waals surface area contributed by atoms with Gasteiger partial charge in [-0.25, -0.2) is 0 Å². The molecule has 0 aliphatic heterocycles. The second kappa shape index (κ2) is 9.17. The van der Waals surface area contributed by atoms with E-state index in [9.17, 15) is 0 Å². The minimum atomic E-state index is 0.416. The molecule has 0 aromatic rings. The first-order valence-electron chi connectivity index (χ1n) is 6.39. The molecule has 0 fully saturated rings. The maximum atomic E-state index is 5.76. The molecule has 2 heteroatoms. The van der Waals surface area contributed by atoms with E-state index in [0.29, 0.717) is 12.1 Å². The third-order valence-electron chi connectivity index (χ3n) is 2.80. The minimum absolute atomic E-state index is 0.416. The lowest BCUT2D eigenvalue weighted by molar-refractivity contribution is 0.0485. The van der Waals surface area contributed by atoms with Crippen molar-refractivity contribution in [3.8, 4) is 0 Å². The summed E-state index contributed by atoms with van der Waals surface area (Å²) in [6.45, 7) is 9.80.